The standard InChI is InChI=1S/C16H18ClFN2/c1-11-2-5-13(16(17)8-11)10-15(20-19)9-12-3-6-14(18)7-4-12/h2-8,15,20H,9-10,19H2,1H3. The van der Waals surface area contributed by atoms with Gasteiger partial charge in [0.25, 0.3) is 0 Å². The Bertz CT molecular complexity index is 569. The SMILES string of the molecule is Cc1ccc(CC(Cc2ccc(F)cc2)NN)c(Cl)c1. The van der Waals surface area contributed by atoms with Crippen molar-refractivity contribution >= 4 is 11.6 Å². The highest BCUT2D eigenvalue weighted by Gasteiger charge is 2.11. The van der Waals surface area contributed by atoms with Crippen LogP contribution in [0.2, 0.25) is 5.02 Å². The molecule has 1 unspecified atom stereocenters. The number of nitrogens with one attached hydrogen (secondary N) is 1. The average Bonchev–Trinajstić information content (AvgIpc) is 2.43. The third-order valence-electron chi connectivity index (χ3n) is 3.31. The van der Waals surface area contributed by atoms with Gasteiger partial charge in [0.1, 0.15) is 5.82 Å². The first-order valence-electron chi connectivity index (χ1n) is 6.54. The van der Waals surface area contributed by atoms with E-state index in [2.05, 4.69) is 5.43 Å². The van der Waals surface area contributed by atoms with Gasteiger partial charge in [-0.05, 0) is 54.7 Å². The molecule has 3 N–H and O–H groups in total. The lowest BCUT2D eigenvalue weighted by molar-refractivity contribution is 0.522. The highest BCUT2D eigenvalue weighted by Crippen LogP contribution is 2.20. The van der Waals surface area contributed by atoms with Gasteiger partial charge >= 0.3 is 0 Å². The van der Waals surface area contributed by atoms with E-state index in [0.717, 1.165) is 34.6 Å². The van der Waals surface area contributed by atoms with Crippen molar-refractivity contribution in [1.29, 1.82) is 0 Å². The van der Waals surface area contributed by atoms with Crippen molar-refractivity contribution in [3.8, 4) is 0 Å². The van der Waals surface area contributed by atoms with Crippen LogP contribution in [-0.2, 0) is 12.8 Å². The fourth-order valence-corrected chi connectivity index (χ4v) is 2.49. The zero-order valence-electron chi connectivity index (χ0n) is 11.4. The molecule has 0 saturated heterocycles. The summed E-state index contributed by atoms with van der Waals surface area (Å²) in [5.74, 6) is 5.38. The zero-order valence-corrected chi connectivity index (χ0v) is 12.1. The van der Waals surface area contributed by atoms with Crippen LogP contribution in [0.5, 0.6) is 0 Å². The Balaban J connectivity index is 2.07. The molecule has 0 amide bonds. The fraction of sp³-hybridized carbons (Fsp3) is 0.250. The Labute approximate surface area is 123 Å². The van der Waals surface area contributed by atoms with Crippen molar-refractivity contribution in [2.75, 3.05) is 0 Å². The largest absolute Gasteiger partial charge is 0.271 e. The normalized spacial score (nSPS) is 12.4. The molecule has 2 rings (SSSR count). The molecule has 0 spiro atoms. The molecule has 106 valence electrons. The van der Waals surface area contributed by atoms with E-state index in [-0.39, 0.29) is 11.9 Å². The molecule has 0 radical (unpaired) electrons. The molecule has 0 heterocycles. The molecule has 0 bridgehead atoms. The maximum Gasteiger partial charge on any atom is 0.123 e. The highest BCUT2D eigenvalue weighted by molar-refractivity contribution is 6.31. The van der Waals surface area contributed by atoms with Crippen LogP contribution < -0.4 is 11.3 Å². The number of nitrogens with two attached hydrogens (primary N) is 1. The Morgan fingerprint density at radius 2 is 1.85 bits per heavy atom. The first-order valence-corrected chi connectivity index (χ1v) is 6.92. The molecule has 2 aromatic carbocycles. The Morgan fingerprint density at radius 3 is 2.45 bits per heavy atom. The van der Waals surface area contributed by atoms with Crippen LogP contribution in [0.15, 0.2) is 42.5 Å². The van der Waals surface area contributed by atoms with E-state index < -0.39 is 0 Å². The van der Waals surface area contributed by atoms with E-state index in [1.54, 1.807) is 12.1 Å². The summed E-state index contributed by atoms with van der Waals surface area (Å²) >= 11 is 6.24. The van der Waals surface area contributed by atoms with Crippen LogP contribution in [-0.4, -0.2) is 6.04 Å². The molecule has 20 heavy (non-hydrogen) atoms. The minimum atomic E-state index is -0.229. The van der Waals surface area contributed by atoms with Crippen molar-refractivity contribution in [2.45, 2.75) is 25.8 Å². The van der Waals surface area contributed by atoms with E-state index in [9.17, 15) is 4.39 Å². The first-order chi connectivity index (χ1) is 9.58. The molecule has 0 aliphatic heterocycles. The quantitative estimate of drug-likeness (QED) is 0.655. The average molecular weight is 293 g/mol. The zero-order chi connectivity index (χ0) is 14.5. The Hall–Kier alpha value is -1.42. The van der Waals surface area contributed by atoms with Crippen LogP contribution in [0, 0.1) is 12.7 Å². The second-order valence-corrected chi connectivity index (χ2v) is 5.40. The van der Waals surface area contributed by atoms with Gasteiger partial charge in [-0.2, -0.15) is 0 Å². The van der Waals surface area contributed by atoms with E-state index in [1.165, 1.54) is 12.1 Å². The van der Waals surface area contributed by atoms with E-state index in [1.807, 2.05) is 25.1 Å². The second-order valence-electron chi connectivity index (χ2n) is 4.99. The lowest BCUT2D eigenvalue weighted by Gasteiger charge is -2.17. The van der Waals surface area contributed by atoms with E-state index in [4.69, 9.17) is 17.4 Å². The van der Waals surface area contributed by atoms with Gasteiger partial charge in [-0.3, -0.25) is 11.3 Å². The number of hydrazine groups is 1. The summed E-state index contributed by atoms with van der Waals surface area (Å²) in [6.45, 7) is 2.01. The van der Waals surface area contributed by atoms with E-state index in [0.29, 0.717) is 0 Å². The van der Waals surface area contributed by atoms with Gasteiger partial charge < -0.3 is 0 Å². The van der Waals surface area contributed by atoms with Crippen molar-refractivity contribution in [3.05, 3.63) is 70.0 Å². The summed E-state index contributed by atoms with van der Waals surface area (Å²) in [6.07, 6.45) is 1.45. The molecule has 0 aromatic heterocycles. The number of aryl methyl sites for hydroxylation is 1. The molecular weight excluding hydrogens is 275 g/mol. The second kappa shape index (κ2) is 6.84. The van der Waals surface area contributed by atoms with Crippen LogP contribution in [0.1, 0.15) is 16.7 Å². The molecule has 2 aromatic rings. The number of benzene rings is 2. The number of rotatable bonds is 5. The van der Waals surface area contributed by atoms with Crippen LogP contribution in [0.25, 0.3) is 0 Å². The molecule has 0 aliphatic rings. The number of hydrogen-bond donors (Lipinski definition) is 2. The van der Waals surface area contributed by atoms with Crippen LogP contribution in [0.3, 0.4) is 0 Å². The maximum absolute atomic E-state index is 12.9. The fourth-order valence-electron chi connectivity index (χ4n) is 2.18. The predicted octanol–water partition coefficient (Wildman–Crippen LogP) is 3.40. The molecule has 4 heteroatoms. The summed E-state index contributed by atoms with van der Waals surface area (Å²) in [6, 6.07) is 12.5. The summed E-state index contributed by atoms with van der Waals surface area (Å²) in [7, 11) is 0. The van der Waals surface area contributed by atoms with Crippen molar-refractivity contribution in [2.24, 2.45) is 5.84 Å². The van der Waals surface area contributed by atoms with Crippen LogP contribution in [0.4, 0.5) is 4.39 Å². The van der Waals surface area contributed by atoms with Gasteiger partial charge in [0, 0.05) is 11.1 Å². The lowest BCUT2D eigenvalue weighted by atomic mass is 9.99. The minimum absolute atomic E-state index is 0.0562. The smallest absolute Gasteiger partial charge is 0.123 e. The summed E-state index contributed by atoms with van der Waals surface area (Å²) in [4.78, 5) is 0. The van der Waals surface area contributed by atoms with Gasteiger partial charge in [-0.15, -0.1) is 0 Å². The van der Waals surface area contributed by atoms with Gasteiger partial charge in [-0.1, -0.05) is 35.9 Å². The molecular formula is C16H18ClFN2. The summed E-state index contributed by atoms with van der Waals surface area (Å²) in [5, 5.41) is 0.754. The van der Waals surface area contributed by atoms with Crippen LogP contribution >= 0.6 is 11.6 Å². The Morgan fingerprint density at radius 1 is 1.15 bits per heavy atom. The maximum atomic E-state index is 12.9. The lowest BCUT2D eigenvalue weighted by Crippen LogP contribution is -2.38. The van der Waals surface area contributed by atoms with Crippen molar-refractivity contribution in [1.82, 2.24) is 5.43 Å². The molecule has 0 saturated carbocycles. The topological polar surface area (TPSA) is 38.0 Å². The predicted molar refractivity (Wildman–Crippen MR) is 81.1 cm³/mol. The number of hydrogen-bond acceptors (Lipinski definition) is 2. The molecule has 1 atom stereocenters. The summed E-state index contributed by atoms with van der Waals surface area (Å²) < 4.78 is 12.9. The molecule has 2 nitrogen and oxygen atoms in total. The van der Waals surface area contributed by atoms with Gasteiger partial charge in [0.2, 0.25) is 0 Å². The third kappa shape index (κ3) is 4.04. The minimum Gasteiger partial charge on any atom is -0.271 e. The number of halogens is 2. The van der Waals surface area contributed by atoms with E-state index >= 15 is 0 Å². The van der Waals surface area contributed by atoms with Gasteiger partial charge in [-0.25, -0.2) is 4.39 Å². The molecule has 0 aliphatic carbocycles. The summed E-state index contributed by atoms with van der Waals surface area (Å²) in [5.41, 5.74) is 6.03. The van der Waals surface area contributed by atoms with Gasteiger partial charge in [0.15, 0.2) is 0 Å². The first kappa shape index (κ1) is 15.0. The highest BCUT2D eigenvalue weighted by atomic mass is 35.5. The molecule has 0 fully saturated rings. The van der Waals surface area contributed by atoms with Crippen molar-refractivity contribution in [3.63, 3.8) is 0 Å². The Kier molecular flexibility index (Phi) is 5.12. The monoisotopic (exact) mass is 292 g/mol. The third-order valence-corrected chi connectivity index (χ3v) is 3.66. The van der Waals surface area contributed by atoms with Gasteiger partial charge in [0.05, 0.1) is 0 Å². The van der Waals surface area contributed by atoms with Crippen molar-refractivity contribution < 1.29 is 4.39 Å².